The number of hydrogen-bond acceptors (Lipinski definition) is 9. The molecule has 33 heavy (non-hydrogen) atoms. The molecule has 0 bridgehead atoms. The van der Waals surface area contributed by atoms with E-state index in [1.165, 1.54) is 6.33 Å². The number of anilines is 2. The molecule has 0 radical (unpaired) electrons. The lowest BCUT2D eigenvalue weighted by Gasteiger charge is -2.20. The quantitative estimate of drug-likeness (QED) is 0.574. The molecular formula is C23H24FN3O6. The second-order valence-corrected chi connectivity index (χ2v) is 7.70. The standard InChI is InChI=1S/C23H24FN3O6/c1-28-12-4-5-17(29-2)16(6-12)27-23-13-7-18(30-3)19(8-15(13)25-11-26-23)33-20-10-32-21-14(24)9-31-22(20)21/h4-8,11,14,20-22H,9-10H2,1-3H3,(H,25,26,27)/t14-,20?,21+,22+/m1/s1. The second kappa shape index (κ2) is 8.87. The zero-order valence-electron chi connectivity index (χ0n) is 18.4. The maximum Gasteiger partial charge on any atom is 0.164 e. The molecule has 4 atom stereocenters. The number of hydrogen-bond donors (Lipinski definition) is 1. The summed E-state index contributed by atoms with van der Waals surface area (Å²) in [6, 6.07) is 8.99. The number of halogens is 1. The minimum atomic E-state index is -1.14. The van der Waals surface area contributed by atoms with Crippen LogP contribution in [0.5, 0.6) is 23.0 Å². The molecule has 2 saturated heterocycles. The zero-order chi connectivity index (χ0) is 22.9. The van der Waals surface area contributed by atoms with E-state index in [9.17, 15) is 4.39 Å². The van der Waals surface area contributed by atoms with E-state index in [-0.39, 0.29) is 13.2 Å². The number of nitrogens with one attached hydrogen (secondary N) is 1. The second-order valence-electron chi connectivity index (χ2n) is 7.70. The van der Waals surface area contributed by atoms with Crippen molar-refractivity contribution in [2.24, 2.45) is 0 Å². The first kappa shape index (κ1) is 21.5. The van der Waals surface area contributed by atoms with E-state index in [2.05, 4.69) is 15.3 Å². The SMILES string of the molecule is COc1ccc(OC)c(Nc2ncnc3cc(OC4CO[C@H]5[C@H](F)CO[C@@H]45)c(OC)cc23)c1. The Balaban J connectivity index is 1.47. The molecule has 2 aliphatic rings. The van der Waals surface area contributed by atoms with Crippen LogP contribution in [0, 0.1) is 0 Å². The lowest BCUT2D eigenvalue weighted by molar-refractivity contribution is 0.0271. The van der Waals surface area contributed by atoms with E-state index in [1.807, 2.05) is 12.1 Å². The van der Waals surface area contributed by atoms with Crippen molar-refractivity contribution in [3.05, 3.63) is 36.7 Å². The highest BCUT2D eigenvalue weighted by molar-refractivity contribution is 5.93. The molecule has 1 N–H and O–H groups in total. The molecule has 9 nitrogen and oxygen atoms in total. The fourth-order valence-electron chi connectivity index (χ4n) is 4.14. The monoisotopic (exact) mass is 457 g/mol. The Labute approximate surface area is 189 Å². The lowest BCUT2D eigenvalue weighted by atomic mass is 10.1. The summed E-state index contributed by atoms with van der Waals surface area (Å²) in [5, 5.41) is 4.00. The summed E-state index contributed by atoms with van der Waals surface area (Å²) in [6.45, 7) is 0.253. The van der Waals surface area contributed by atoms with Gasteiger partial charge in [0.25, 0.3) is 0 Å². The summed E-state index contributed by atoms with van der Waals surface area (Å²) in [5.41, 5.74) is 1.32. The molecular weight excluding hydrogens is 433 g/mol. The van der Waals surface area contributed by atoms with Crippen molar-refractivity contribution in [2.45, 2.75) is 24.5 Å². The van der Waals surface area contributed by atoms with Crippen LogP contribution < -0.4 is 24.3 Å². The maximum atomic E-state index is 13.9. The van der Waals surface area contributed by atoms with E-state index >= 15 is 0 Å². The molecule has 10 heteroatoms. The molecule has 0 aliphatic carbocycles. The average molecular weight is 457 g/mol. The number of methoxy groups -OCH3 is 3. The Bertz CT molecular complexity index is 1160. The summed E-state index contributed by atoms with van der Waals surface area (Å²) in [6.07, 6.45) is -1.18. The van der Waals surface area contributed by atoms with Crippen molar-refractivity contribution in [1.29, 1.82) is 0 Å². The first-order chi connectivity index (χ1) is 16.1. The van der Waals surface area contributed by atoms with Gasteiger partial charge in [-0.2, -0.15) is 0 Å². The third kappa shape index (κ3) is 3.96. The van der Waals surface area contributed by atoms with Gasteiger partial charge >= 0.3 is 0 Å². The molecule has 1 unspecified atom stereocenters. The number of ether oxygens (including phenoxy) is 6. The van der Waals surface area contributed by atoms with E-state index < -0.39 is 24.5 Å². The van der Waals surface area contributed by atoms with Crippen molar-refractivity contribution >= 4 is 22.4 Å². The van der Waals surface area contributed by atoms with Crippen molar-refractivity contribution in [3.8, 4) is 23.0 Å². The van der Waals surface area contributed by atoms with E-state index in [0.29, 0.717) is 45.4 Å². The molecule has 3 heterocycles. The molecule has 0 amide bonds. The molecule has 2 fully saturated rings. The molecule has 2 aromatic carbocycles. The summed E-state index contributed by atoms with van der Waals surface area (Å²) in [5.74, 6) is 2.81. The fourth-order valence-corrected chi connectivity index (χ4v) is 4.14. The first-order valence-corrected chi connectivity index (χ1v) is 10.5. The average Bonchev–Trinajstić information content (AvgIpc) is 3.41. The number of alkyl halides is 1. The van der Waals surface area contributed by atoms with Crippen molar-refractivity contribution in [1.82, 2.24) is 9.97 Å². The predicted molar refractivity (Wildman–Crippen MR) is 118 cm³/mol. The topological polar surface area (TPSA) is 93.2 Å². The van der Waals surface area contributed by atoms with Gasteiger partial charge in [-0.15, -0.1) is 0 Å². The molecule has 0 saturated carbocycles. The third-order valence-corrected chi connectivity index (χ3v) is 5.81. The molecule has 2 aliphatic heterocycles. The van der Waals surface area contributed by atoms with E-state index in [0.717, 1.165) is 0 Å². The number of rotatable bonds is 7. The summed E-state index contributed by atoms with van der Waals surface area (Å²) in [7, 11) is 4.74. The van der Waals surface area contributed by atoms with Crippen LogP contribution in [-0.4, -0.2) is 69.0 Å². The Morgan fingerprint density at radius 2 is 1.73 bits per heavy atom. The Morgan fingerprint density at radius 3 is 2.52 bits per heavy atom. The Morgan fingerprint density at radius 1 is 0.909 bits per heavy atom. The smallest absolute Gasteiger partial charge is 0.164 e. The maximum absolute atomic E-state index is 13.9. The van der Waals surface area contributed by atoms with Gasteiger partial charge < -0.3 is 33.7 Å². The van der Waals surface area contributed by atoms with Gasteiger partial charge in [0.2, 0.25) is 0 Å². The molecule has 174 valence electrons. The minimum absolute atomic E-state index is 0.0139. The van der Waals surface area contributed by atoms with E-state index in [4.69, 9.17) is 28.4 Å². The summed E-state index contributed by atoms with van der Waals surface area (Å²) < 4.78 is 47.5. The molecule has 5 rings (SSSR count). The van der Waals surface area contributed by atoms with Crippen LogP contribution in [0.3, 0.4) is 0 Å². The van der Waals surface area contributed by atoms with Gasteiger partial charge in [-0.3, -0.25) is 0 Å². The largest absolute Gasteiger partial charge is 0.497 e. The molecule has 3 aromatic rings. The van der Waals surface area contributed by atoms with Gasteiger partial charge in [0.05, 0.1) is 45.7 Å². The highest BCUT2D eigenvalue weighted by Gasteiger charge is 2.49. The van der Waals surface area contributed by atoms with Crippen LogP contribution in [0.4, 0.5) is 15.9 Å². The third-order valence-electron chi connectivity index (χ3n) is 5.81. The minimum Gasteiger partial charge on any atom is -0.497 e. The van der Waals surface area contributed by atoms with Crippen LogP contribution in [-0.2, 0) is 9.47 Å². The van der Waals surface area contributed by atoms with Gasteiger partial charge in [-0.1, -0.05) is 0 Å². The van der Waals surface area contributed by atoms with Crippen molar-refractivity contribution in [3.63, 3.8) is 0 Å². The zero-order valence-corrected chi connectivity index (χ0v) is 18.4. The van der Waals surface area contributed by atoms with Crippen LogP contribution in [0.25, 0.3) is 10.9 Å². The van der Waals surface area contributed by atoms with Crippen LogP contribution >= 0.6 is 0 Å². The summed E-state index contributed by atoms with van der Waals surface area (Å²) >= 11 is 0. The van der Waals surface area contributed by atoms with Crippen molar-refractivity contribution < 1.29 is 32.8 Å². The predicted octanol–water partition coefficient (Wildman–Crippen LogP) is 3.28. The number of fused-ring (bicyclic) bond motifs is 2. The Hall–Kier alpha value is -3.37. The first-order valence-electron chi connectivity index (χ1n) is 10.5. The lowest BCUT2D eigenvalue weighted by Crippen LogP contribution is -2.33. The number of aromatic nitrogens is 2. The highest BCUT2D eigenvalue weighted by atomic mass is 19.1. The van der Waals surface area contributed by atoms with Gasteiger partial charge in [0, 0.05) is 17.5 Å². The molecule has 1 aromatic heterocycles. The Kier molecular flexibility index (Phi) is 5.77. The molecule has 0 spiro atoms. The fraction of sp³-hybridized carbons (Fsp3) is 0.391. The van der Waals surface area contributed by atoms with Crippen molar-refractivity contribution in [2.75, 3.05) is 39.9 Å². The highest BCUT2D eigenvalue weighted by Crippen LogP contribution is 2.39. The summed E-state index contributed by atoms with van der Waals surface area (Å²) in [4.78, 5) is 8.78. The van der Waals surface area contributed by atoms with E-state index in [1.54, 1.807) is 39.5 Å². The number of benzene rings is 2. The van der Waals surface area contributed by atoms with Gasteiger partial charge in [-0.25, -0.2) is 14.4 Å². The normalized spacial score (nSPS) is 23.9. The van der Waals surface area contributed by atoms with Gasteiger partial charge in [-0.05, 0) is 18.2 Å². The van der Waals surface area contributed by atoms with Gasteiger partial charge in [0.1, 0.15) is 35.9 Å². The van der Waals surface area contributed by atoms with Crippen LogP contribution in [0.1, 0.15) is 0 Å². The number of nitrogens with zero attached hydrogens (tertiary/aromatic N) is 2. The van der Waals surface area contributed by atoms with Gasteiger partial charge in [0.15, 0.2) is 23.8 Å². The van der Waals surface area contributed by atoms with Crippen LogP contribution in [0.15, 0.2) is 36.7 Å². The van der Waals surface area contributed by atoms with Crippen LogP contribution in [0.2, 0.25) is 0 Å².